The molecule has 0 bridgehead atoms. The summed E-state index contributed by atoms with van der Waals surface area (Å²) in [4.78, 5) is 8.34. The van der Waals surface area contributed by atoms with Crippen LogP contribution >= 0.6 is 0 Å². The second-order valence-electron chi connectivity index (χ2n) is 4.55. The molecule has 1 aliphatic carbocycles. The number of nitrogens with zero attached hydrogens (tertiary/aromatic N) is 2. The topological polar surface area (TPSA) is 47.0 Å². The summed E-state index contributed by atoms with van der Waals surface area (Å²) >= 11 is 0. The van der Waals surface area contributed by atoms with E-state index in [0.29, 0.717) is 12.0 Å². The lowest BCUT2D eigenvalue weighted by molar-refractivity contribution is 0.148. The van der Waals surface area contributed by atoms with Gasteiger partial charge in [0, 0.05) is 12.6 Å². The Bertz CT molecular complexity index is 337. The predicted molar refractivity (Wildman–Crippen MR) is 68.3 cm³/mol. The van der Waals surface area contributed by atoms with Crippen molar-refractivity contribution in [1.29, 1.82) is 0 Å². The van der Waals surface area contributed by atoms with Crippen LogP contribution in [0.25, 0.3) is 0 Å². The standard InChI is InChI=1S/C13H21N3O/c1-2-8-14-12-9-13(16-10-15-12)17-11-6-4-3-5-7-11/h9-11H,2-8H2,1H3,(H,14,15,16). The third-order valence-electron chi connectivity index (χ3n) is 3.04. The van der Waals surface area contributed by atoms with E-state index >= 15 is 0 Å². The summed E-state index contributed by atoms with van der Waals surface area (Å²) in [5.41, 5.74) is 0. The maximum atomic E-state index is 5.88. The van der Waals surface area contributed by atoms with Gasteiger partial charge in [-0.15, -0.1) is 0 Å². The molecular weight excluding hydrogens is 214 g/mol. The number of hydrogen-bond acceptors (Lipinski definition) is 4. The third kappa shape index (κ3) is 3.88. The Morgan fingerprint density at radius 1 is 1.29 bits per heavy atom. The lowest BCUT2D eigenvalue weighted by Gasteiger charge is -2.22. The van der Waals surface area contributed by atoms with E-state index < -0.39 is 0 Å². The van der Waals surface area contributed by atoms with Gasteiger partial charge in [0.05, 0.1) is 0 Å². The summed E-state index contributed by atoms with van der Waals surface area (Å²) < 4.78 is 5.88. The van der Waals surface area contributed by atoms with Crippen LogP contribution in [0.2, 0.25) is 0 Å². The van der Waals surface area contributed by atoms with E-state index in [9.17, 15) is 0 Å². The zero-order valence-corrected chi connectivity index (χ0v) is 10.5. The molecule has 4 nitrogen and oxygen atoms in total. The fourth-order valence-electron chi connectivity index (χ4n) is 2.11. The second-order valence-corrected chi connectivity index (χ2v) is 4.55. The van der Waals surface area contributed by atoms with Crippen molar-refractivity contribution < 1.29 is 4.74 Å². The molecule has 1 aromatic heterocycles. The predicted octanol–water partition coefficient (Wildman–Crippen LogP) is 3.01. The van der Waals surface area contributed by atoms with Gasteiger partial charge in [-0.25, -0.2) is 9.97 Å². The molecule has 1 N–H and O–H groups in total. The number of anilines is 1. The molecule has 1 fully saturated rings. The number of rotatable bonds is 5. The summed E-state index contributed by atoms with van der Waals surface area (Å²) in [6, 6.07) is 1.89. The maximum absolute atomic E-state index is 5.88. The molecule has 1 saturated carbocycles. The molecule has 0 spiro atoms. The Morgan fingerprint density at radius 2 is 2.12 bits per heavy atom. The van der Waals surface area contributed by atoms with E-state index in [4.69, 9.17) is 4.74 Å². The van der Waals surface area contributed by atoms with Gasteiger partial charge in [-0.1, -0.05) is 13.3 Å². The molecule has 0 amide bonds. The first-order valence-corrected chi connectivity index (χ1v) is 6.61. The Kier molecular flexibility index (Phi) is 4.59. The van der Waals surface area contributed by atoms with Crippen molar-refractivity contribution in [3.05, 3.63) is 12.4 Å². The van der Waals surface area contributed by atoms with Crippen molar-refractivity contribution in [2.75, 3.05) is 11.9 Å². The van der Waals surface area contributed by atoms with Crippen molar-refractivity contribution in [2.24, 2.45) is 0 Å². The van der Waals surface area contributed by atoms with Gasteiger partial charge in [0.15, 0.2) is 0 Å². The first-order chi connectivity index (χ1) is 8.38. The molecule has 1 heterocycles. The molecule has 0 radical (unpaired) electrons. The molecule has 0 aromatic carbocycles. The summed E-state index contributed by atoms with van der Waals surface area (Å²) in [5, 5.41) is 3.24. The molecule has 17 heavy (non-hydrogen) atoms. The lowest BCUT2D eigenvalue weighted by atomic mass is 9.98. The van der Waals surface area contributed by atoms with E-state index in [1.165, 1.54) is 19.3 Å². The molecule has 4 heteroatoms. The number of hydrogen-bond donors (Lipinski definition) is 1. The first kappa shape index (κ1) is 12.1. The van der Waals surface area contributed by atoms with Crippen LogP contribution in [-0.2, 0) is 0 Å². The van der Waals surface area contributed by atoms with Crippen molar-refractivity contribution in [3.8, 4) is 5.88 Å². The monoisotopic (exact) mass is 235 g/mol. The summed E-state index contributed by atoms with van der Waals surface area (Å²) in [7, 11) is 0. The zero-order chi connectivity index (χ0) is 11.9. The minimum Gasteiger partial charge on any atom is -0.474 e. The average molecular weight is 235 g/mol. The molecule has 1 aromatic rings. The van der Waals surface area contributed by atoms with E-state index in [0.717, 1.165) is 31.6 Å². The molecule has 2 rings (SSSR count). The minimum absolute atomic E-state index is 0.345. The fraction of sp³-hybridized carbons (Fsp3) is 0.692. The summed E-state index contributed by atoms with van der Waals surface area (Å²) in [5.74, 6) is 1.55. The van der Waals surface area contributed by atoms with Crippen LogP contribution in [0.1, 0.15) is 45.4 Å². The number of aromatic nitrogens is 2. The van der Waals surface area contributed by atoms with Crippen LogP contribution in [-0.4, -0.2) is 22.6 Å². The Balaban J connectivity index is 1.90. The molecule has 0 unspecified atom stereocenters. The molecule has 0 aliphatic heterocycles. The number of ether oxygens (including phenoxy) is 1. The molecular formula is C13H21N3O. The van der Waals surface area contributed by atoms with Crippen molar-refractivity contribution >= 4 is 5.82 Å². The Hall–Kier alpha value is -1.32. The number of nitrogens with one attached hydrogen (secondary N) is 1. The maximum Gasteiger partial charge on any atom is 0.218 e. The molecule has 94 valence electrons. The fourth-order valence-corrected chi connectivity index (χ4v) is 2.11. The Morgan fingerprint density at radius 3 is 2.88 bits per heavy atom. The van der Waals surface area contributed by atoms with Crippen LogP contribution < -0.4 is 10.1 Å². The average Bonchev–Trinajstić information content (AvgIpc) is 2.38. The van der Waals surface area contributed by atoms with Crippen LogP contribution in [0.4, 0.5) is 5.82 Å². The van der Waals surface area contributed by atoms with Gasteiger partial charge < -0.3 is 10.1 Å². The molecule has 0 saturated heterocycles. The highest BCUT2D eigenvalue weighted by atomic mass is 16.5. The normalized spacial score (nSPS) is 16.8. The van der Waals surface area contributed by atoms with Crippen molar-refractivity contribution in [3.63, 3.8) is 0 Å². The highest BCUT2D eigenvalue weighted by molar-refractivity contribution is 5.36. The van der Waals surface area contributed by atoms with Gasteiger partial charge in [0.25, 0.3) is 0 Å². The molecule has 0 atom stereocenters. The highest BCUT2D eigenvalue weighted by Crippen LogP contribution is 2.22. The highest BCUT2D eigenvalue weighted by Gasteiger charge is 2.15. The van der Waals surface area contributed by atoms with Crippen LogP contribution in [0.15, 0.2) is 12.4 Å². The van der Waals surface area contributed by atoms with Crippen molar-refractivity contribution in [2.45, 2.75) is 51.6 Å². The summed E-state index contributed by atoms with van der Waals surface area (Å²) in [6.45, 7) is 3.06. The van der Waals surface area contributed by atoms with Gasteiger partial charge in [-0.3, -0.25) is 0 Å². The van der Waals surface area contributed by atoms with Gasteiger partial charge in [0.1, 0.15) is 18.2 Å². The van der Waals surface area contributed by atoms with Gasteiger partial charge in [-0.2, -0.15) is 0 Å². The molecule has 1 aliphatic rings. The Labute approximate surface area is 103 Å². The van der Waals surface area contributed by atoms with Gasteiger partial charge in [0.2, 0.25) is 5.88 Å². The van der Waals surface area contributed by atoms with Gasteiger partial charge >= 0.3 is 0 Å². The van der Waals surface area contributed by atoms with E-state index in [1.807, 2.05) is 6.07 Å². The summed E-state index contributed by atoms with van der Waals surface area (Å²) in [6.07, 6.45) is 9.20. The van der Waals surface area contributed by atoms with E-state index in [1.54, 1.807) is 6.33 Å². The van der Waals surface area contributed by atoms with Crippen LogP contribution in [0.5, 0.6) is 5.88 Å². The largest absolute Gasteiger partial charge is 0.474 e. The van der Waals surface area contributed by atoms with E-state index in [-0.39, 0.29) is 0 Å². The van der Waals surface area contributed by atoms with Gasteiger partial charge in [-0.05, 0) is 32.1 Å². The minimum atomic E-state index is 0.345. The van der Waals surface area contributed by atoms with Crippen LogP contribution in [0, 0.1) is 0 Å². The smallest absolute Gasteiger partial charge is 0.218 e. The van der Waals surface area contributed by atoms with Crippen LogP contribution in [0.3, 0.4) is 0 Å². The zero-order valence-electron chi connectivity index (χ0n) is 10.5. The quantitative estimate of drug-likeness (QED) is 0.852. The SMILES string of the molecule is CCCNc1cc(OC2CCCCC2)ncn1. The van der Waals surface area contributed by atoms with E-state index in [2.05, 4.69) is 22.2 Å². The van der Waals surface area contributed by atoms with Crippen molar-refractivity contribution in [1.82, 2.24) is 9.97 Å². The second kappa shape index (κ2) is 6.42. The lowest BCUT2D eigenvalue weighted by Crippen LogP contribution is -2.20. The third-order valence-corrected chi connectivity index (χ3v) is 3.04. The first-order valence-electron chi connectivity index (χ1n) is 6.61.